The van der Waals surface area contributed by atoms with E-state index in [1.165, 1.54) is 18.4 Å². The Balaban J connectivity index is 1.19. The second kappa shape index (κ2) is 11.4. The fraction of sp³-hybridized carbons (Fsp3) is 0.414. The Morgan fingerprint density at radius 3 is 2.47 bits per heavy atom. The van der Waals surface area contributed by atoms with Gasteiger partial charge in [-0.3, -0.25) is 9.69 Å². The van der Waals surface area contributed by atoms with Gasteiger partial charge in [-0.1, -0.05) is 54.2 Å². The van der Waals surface area contributed by atoms with Gasteiger partial charge in [-0.25, -0.2) is 9.97 Å². The average molecular weight is 502 g/mol. The second-order valence-electron chi connectivity index (χ2n) is 9.93. The summed E-state index contributed by atoms with van der Waals surface area (Å²) >= 11 is 1.63. The zero-order valence-corrected chi connectivity index (χ0v) is 22.1. The van der Waals surface area contributed by atoms with Crippen molar-refractivity contribution >= 4 is 23.5 Å². The van der Waals surface area contributed by atoms with Crippen LogP contribution in [-0.2, 0) is 12.3 Å². The van der Waals surface area contributed by atoms with Crippen LogP contribution in [0.3, 0.4) is 0 Å². The monoisotopic (exact) mass is 501 g/mol. The Labute approximate surface area is 218 Å². The van der Waals surface area contributed by atoms with E-state index in [9.17, 15) is 4.79 Å². The van der Waals surface area contributed by atoms with Gasteiger partial charge in [0.2, 0.25) is 0 Å². The van der Waals surface area contributed by atoms with Crippen molar-refractivity contribution in [3.8, 4) is 0 Å². The number of aromatic nitrogens is 2. The lowest BCUT2D eigenvalue weighted by atomic mass is 10.1. The first-order valence-corrected chi connectivity index (χ1v) is 13.9. The number of hydrogen-bond acceptors (Lipinski definition) is 6. The largest absolute Gasteiger partial charge is 0.354 e. The molecule has 36 heavy (non-hydrogen) atoms. The summed E-state index contributed by atoms with van der Waals surface area (Å²) in [5, 5.41) is 3.85. The zero-order chi connectivity index (χ0) is 24.9. The third-order valence-corrected chi connectivity index (χ3v) is 7.99. The fourth-order valence-corrected chi connectivity index (χ4v) is 5.36. The number of thioether (sulfide) groups is 1. The van der Waals surface area contributed by atoms with E-state index in [1.807, 2.05) is 18.2 Å². The number of carbonyl (C=O) groups is 1. The predicted octanol–water partition coefficient (Wildman–Crippen LogP) is 4.85. The van der Waals surface area contributed by atoms with Gasteiger partial charge in [-0.2, -0.15) is 0 Å². The SMILES string of the molecule is Cc1nc(SCc2cccc(C(=O)NCC3CC3)c2)nc(N2CCN(Cc3ccccc3)CC2)c1C. The maximum absolute atomic E-state index is 12.5. The van der Waals surface area contributed by atoms with Crippen LogP contribution >= 0.6 is 11.8 Å². The summed E-state index contributed by atoms with van der Waals surface area (Å²) in [6.45, 7) is 9.95. The molecule has 1 aromatic heterocycles. The van der Waals surface area contributed by atoms with Crippen molar-refractivity contribution in [1.82, 2.24) is 20.2 Å². The summed E-state index contributed by atoms with van der Waals surface area (Å²) < 4.78 is 0. The molecule has 188 valence electrons. The molecule has 0 atom stereocenters. The molecule has 2 heterocycles. The Kier molecular flexibility index (Phi) is 7.87. The average Bonchev–Trinajstić information content (AvgIpc) is 3.74. The fourth-order valence-electron chi connectivity index (χ4n) is 4.53. The van der Waals surface area contributed by atoms with E-state index in [4.69, 9.17) is 9.97 Å². The lowest BCUT2D eigenvalue weighted by Crippen LogP contribution is -2.46. The molecule has 1 saturated carbocycles. The molecule has 7 heteroatoms. The number of hydrogen-bond donors (Lipinski definition) is 1. The van der Waals surface area contributed by atoms with Crippen LogP contribution in [-0.4, -0.2) is 53.5 Å². The highest BCUT2D eigenvalue weighted by Crippen LogP contribution is 2.28. The van der Waals surface area contributed by atoms with E-state index in [-0.39, 0.29) is 5.91 Å². The topological polar surface area (TPSA) is 61.4 Å². The Morgan fingerprint density at radius 1 is 0.972 bits per heavy atom. The van der Waals surface area contributed by atoms with E-state index in [0.717, 1.165) is 78.4 Å². The summed E-state index contributed by atoms with van der Waals surface area (Å²) in [6.07, 6.45) is 2.47. The minimum atomic E-state index is 0.0184. The molecule has 5 rings (SSSR count). The van der Waals surface area contributed by atoms with Crippen LogP contribution in [0.1, 0.15) is 45.6 Å². The standard InChI is InChI=1S/C29H35N5OS/c1-21-22(2)31-29(36-20-25-9-6-10-26(17-25)28(35)30-18-23-11-12-23)32-27(21)34-15-13-33(14-16-34)19-24-7-4-3-5-8-24/h3-10,17,23H,11-16,18-20H2,1-2H3,(H,30,35). The highest BCUT2D eigenvalue weighted by molar-refractivity contribution is 7.98. The third-order valence-electron chi connectivity index (χ3n) is 7.07. The van der Waals surface area contributed by atoms with Crippen molar-refractivity contribution in [2.75, 3.05) is 37.6 Å². The number of nitrogens with one attached hydrogen (secondary N) is 1. The van der Waals surface area contributed by atoms with Gasteiger partial charge in [0, 0.05) is 61.8 Å². The summed E-state index contributed by atoms with van der Waals surface area (Å²) in [5.41, 5.74) is 5.39. The number of nitrogens with zero attached hydrogens (tertiary/aromatic N) is 4. The van der Waals surface area contributed by atoms with Crippen molar-refractivity contribution < 1.29 is 4.79 Å². The van der Waals surface area contributed by atoms with E-state index >= 15 is 0 Å². The molecular formula is C29H35N5OS. The van der Waals surface area contributed by atoms with Gasteiger partial charge in [0.05, 0.1) is 0 Å². The number of aryl methyl sites for hydroxylation is 1. The van der Waals surface area contributed by atoms with E-state index < -0.39 is 0 Å². The molecule has 0 unspecified atom stereocenters. The Hall–Kier alpha value is -2.90. The maximum Gasteiger partial charge on any atom is 0.251 e. The predicted molar refractivity (Wildman–Crippen MR) is 146 cm³/mol. The Bertz CT molecular complexity index is 1190. The van der Waals surface area contributed by atoms with Gasteiger partial charge in [0.1, 0.15) is 5.82 Å². The lowest BCUT2D eigenvalue weighted by molar-refractivity contribution is 0.0951. The smallest absolute Gasteiger partial charge is 0.251 e. The minimum absolute atomic E-state index is 0.0184. The van der Waals surface area contributed by atoms with Gasteiger partial charge < -0.3 is 10.2 Å². The Morgan fingerprint density at radius 2 is 1.72 bits per heavy atom. The zero-order valence-electron chi connectivity index (χ0n) is 21.2. The first kappa shape index (κ1) is 24.8. The minimum Gasteiger partial charge on any atom is -0.354 e. The molecule has 1 saturated heterocycles. The molecule has 3 aromatic rings. The van der Waals surface area contributed by atoms with Crippen molar-refractivity contribution in [3.05, 3.63) is 82.5 Å². The third kappa shape index (κ3) is 6.45. The maximum atomic E-state index is 12.5. The molecule has 0 spiro atoms. The van der Waals surface area contributed by atoms with Crippen LogP contribution in [0.2, 0.25) is 0 Å². The van der Waals surface area contributed by atoms with Crippen molar-refractivity contribution in [3.63, 3.8) is 0 Å². The van der Waals surface area contributed by atoms with Crippen LogP contribution in [0.4, 0.5) is 5.82 Å². The summed E-state index contributed by atoms with van der Waals surface area (Å²) in [4.78, 5) is 27.1. The van der Waals surface area contributed by atoms with Crippen molar-refractivity contribution in [2.45, 2.75) is 44.1 Å². The molecule has 2 fully saturated rings. The quantitative estimate of drug-likeness (QED) is 0.334. The summed E-state index contributed by atoms with van der Waals surface area (Å²) in [7, 11) is 0. The number of anilines is 1. The van der Waals surface area contributed by atoms with E-state index in [2.05, 4.69) is 65.4 Å². The van der Waals surface area contributed by atoms with Gasteiger partial charge >= 0.3 is 0 Å². The summed E-state index contributed by atoms with van der Waals surface area (Å²) in [5.74, 6) is 2.48. The molecule has 1 aliphatic carbocycles. The van der Waals surface area contributed by atoms with Crippen LogP contribution in [0.15, 0.2) is 59.8 Å². The summed E-state index contributed by atoms with van der Waals surface area (Å²) in [6, 6.07) is 18.6. The van der Waals surface area contributed by atoms with Gasteiger partial charge in [-0.15, -0.1) is 0 Å². The number of benzene rings is 2. The molecule has 2 aliphatic rings. The molecule has 2 aromatic carbocycles. The molecular weight excluding hydrogens is 466 g/mol. The normalized spacial score (nSPS) is 16.2. The molecule has 1 amide bonds. The van der Waals surface area contributed by atoms with Gasteiger partial charge in [0.25, 0.3) is 5.91 Å². The number of amides is 1. The second-order valence-corrected chi connectivity index (χ2v) is 10.9. The van der Waals surface area contributed by atoms with E-state index in [0.29, 0.717) is 5.92 Å². The first-order chi connectivity index (χ1) is 17.5. The number of rotatable bonds is 9. The number of piperazine rings is 1. The number of carbonyl (C=O) groups excluding carboxylic acids is 1. The first-order valence-electron chi connectivity index (χ1n) is 12.9. The van der Waals surface area contributed by atoms with E-state index in [1.54, 1.807) is 11.8 Å². The molecule has 1 N–H and O–H groups in total. The molecule has 0 radical (unpaired) electrons. The van der Waals surface area contributed by atoms with Gasteiger partial charge in [-0.05, 0) is 55.9 Å². The lowest BCUT2D eigenvalue weighted by Gasteiger charge is -2.36. The molecule has 1 aliphatic heterocycles. The van der Waals surface area contributed by atoms with Gasteiger partial charge in [0.15, 0.2) is 5.16 Å². The van der Waals surface area contributed by atoms with Crippen LogP contribution < -0.4 is 10.2 Å². The van der Waals surface area contributed by atoms with Crippen molar-refractivity contribution in [2.24, 2.45) is 5.92 Å². The molecule has 0 bridgehead atoms. The molecule has 6 nitrogen and oxygen atoms in total. The van der Waals surface area contributed by atoms with Crippen LogP contribution in [0, 0.1) is 19.8 Å². The van der Waals surface area contributed by atoms with Crippen LogP contribution in [0.5, 0.6) is 0 Å². The highest BCUT2D eigenvalue weighted by atomic mass is 32.2. The van der Waals surface area contributed by atoms with Crippen molar-refractivity contribution in [1.29, 1.82) is 0 Å². The van der Waals surface area contributed by atoms with Crippen LogP contribution in [0.25, 0.3) is 0 Å². The highest BCUT2D eigenvalue weighted by Gasteiger charge is 2.23.